The Balaban J connectivity index is 1.87. The van der Waals surface area contributed by atoms with Gasteiger partial charge in [0, 0.05) is 44.5 Å². The van der Waals surface area contributed by atoms with E-state index in [0.29, 0.717) is 30.0 Å². The molecule has 0 bridgehead atoms. The molecule has 1 fully saturated rings. The number of hydrogen-bond acceptors (Lipinski definition) is 4. The van der Waals surface area contributed by atoms with Crippen LogP contribution in [0.15, 0.2) is 36.7 Å². The molecule has 1 amide bonds. The smallest absolute Gasteiger partial charge is 0.348 e. The van der Waals surface area contributed by atoms with E-state index < -0.39 is 11.7 Å². The Morgan fingerprint density at radius 2 is 2.00 bits per heavy atom. The molecular formula is C20H23F3N4O. The van der Waals surface area contributed by atoms with E-state index in [2.05, 4.69) is 14.9 Å². The molecule has 0 spiro atoms. The number of likely N-dealkylation sites (N-methyl/N-ethyl adjacent to an activating group) is 1. The zero-order valence-electron chi connectivity index (χ0n) is 15.9. The predicted molar refractivity (Wildman–Crippen MR) is 99.6 cm³/mol. The first-order chi connectivity index (χ1) is 13.3. The molecule has 0 saturated carbocycles. The monoisotopic (exact) mass is 392 g/mol. The highest BCUT2D eigenvalue weighted by Crippen LogP contribution is 2.35. The number of hydrogen-bond donors (Lipinski definition) is 0. The van der Waals surface area contributed by atoms with Crippen molar-refractivity contribution in [1.29, 1.82) is 0 Å². The van der Waals surface area contributed by atoms with Gasteiger partial charge in [0.15, 0.2) is 0 Å². The highest BCUT2D eigenvalue weighted by molar-refractivity contribution is 5.77. The fourth-order valence-electron chi connectivity index (χ4n) is 3.47. The largest absolute Gasteiger partial charge is 0.416 e. The van der Waals surface area contributed by atoms with Gasteiger partial charge in [0.25, 0.3) is 0 Å². The number of piperidine rings is 1. The van der Waals surface area contributed by atoms with Crippen LogP contribution < -0.4 is 0 Å². The van der Waals surface area contributed by atoms with Gasteiger partial charge < -0.3 is 4.90 Å². The van der Waals surface area contributed by atoms with Crippen LogP contribution in [-0.2, 0) is 11.0 Å². The summed E-state index contributed by atoms with van der Waals surface area (Å²) in [5.41, 5.74) is 0.853. The fraction of sp³-hybridized carbons (Fsp3) is 0.450. The van der Waals surface area contributed by atoms with Crippen molar-refractivity contribution in [2.45, 2.75) is 24.9 Å². The summed E-state index contributed by atoms with van der Waals surface area (Å²) in [5, 5.41) is 0. The molecule has 3 rings (SSSR count). The van der Waals surface area contributed by atoms with Gasteiger partial charge in [-0.25, -0.2) is 0 Å². The topological polar surface area (TPSA) is 49.3 Å². The number of carbonyl (C=O) groups is 1. The Labute approximate surface area is 162 Å². The molecule has 0 aliphatic carbocycles. The average molecular weight is 392 g/mol. The molecule has 2 heterocycles. The minimum atomic E-state index is -4.41. The van der Waals surface area contributed by atoms with Crippen LogP contribution in [0.2, 0.25) is 0 Å². The summed E-state index contributed by atoms with van der Waals surface area (Å²) in [6.45, 7) is 1.77. The summed E-state index contributed by atoms with van der Waals surface area (Å²) in [5.74, 6) is 0.0415. The molecule has 1 atom stereocenters. The number of benzene rings is 1. The SMILES string of the molecule is CN(C)C(=O)CN1CCC[C@H](c2nccnc2-c2cccc(C(F)(F)F)c2)C1. The Morgan fingerprint density at radius 1 is 1.25 bits per heavy atom. The van der Waals surface area contributed by atoms with E-state index in [0.717, 1.165) is 31.5 Å². The lowest BCUT2D eigenvalue weighted by Gasteiger charge is -2.33. The molecule has 0 radical (unpaired) electrons. The number of rotatable bonds is 4. The number of likely N-dealkylation sites (tertiary alicyclic amines) is 1. The van der Waals surface area contributed by atoms with E-state index in [9.17, 15) is 18.0 Å². The van der Waals surface area contributed by atoms with Crippen molar-refractivity contribution < 1.29 is 18.0 Å². The predicted octanol–water partition coefficient (Wildman–Crippen LogP) is 3.43. The number of alkyl halides is 3. The lowest BCUT2D eigenvalue weighted by Crippen LogP contribution is -2.41. The maximum absolute atomic E-state index is 13.1. The van der Waals surface area contributed by atoms with Crippen molar-refractivity contribution >= 4 is 5.91 Å². The zero-order chi connectivity index (χ0) is 20.3. The molecule has 1 aliphatic rings. The van der Waals surface area contributed by atoms with Gasteiger partial charge in [-0.2, -0.15) is 13.2 Å². The van der Waals surface area contributed by atoms with Crippen molar-refractivity contribution in [1.82, 2.24) is 19.8 Å². The van der Waals surface area contributed by atoms with Gasteiger partial charge in [0.2, 0.25) is 5.91 Å². The first kappa shape index (κ1) is 20.3. The van der Waals surface area contributed by atoms with Gasteiger partial charge >= 0.3 is 6.18 Å². The second-order valence-electron chi connectivity index (χ2n) is 7.23. The van der Waals surface area contributed by atoms with Crippen LogP contribution >= 0.6 is 0 Å². The Hall–Kier alpha value is -2.48. The molecule has 2 aromatic rings. The summed E-state index contributed by atoms with van der Waals surface area (Å²) < 4.78 is 39.3. The molecule has 8 heteroatoms. The third-order valence-electron chi connectivity index (χ3n) is 4.94. The van der Waals surface area contributed by atoms with Crippen molar-refractivity contribution in [2.75, 3.05) is 33.7 Å². The standard InChI is InChI=1S/C20H23F3N4O/c1-26(2)17(28)13-27-10-4-6-15(12-27)19-18(24-8-9-25-19)14-5-3-7-16(11-14)20(21,22)23/h3,5,7-9,11,15H,4,6,10,12-13H2,1-2H3/t15-/m0/s1. The molecule has 28 heavy (non-hydrogen) atoms. The van der Waals surface area contributed by atoms with Crippen LogP contribution in [0.3, 0.4) is 0 Å². The molecule has 1 aliphatic heterocycles. The highest BCUT2D eigenvalue weighted by Gasteiger charge is 2.31. The summed E-state index contributed by atoms with van der Waals surface area (Å²) in [4.78, 5) is 24.4. The van der Waals surface area contributed by atoms with Gasteiger partial charge in [-0.05, 0) is 31.5 Å². The number of carbonyl (C=O) groups excluding carboxylic acids is 1. The molecule has 1 aromatic carbocycles. The summed E-state index contributed by atoms with van der Waals surface area (Å²) >= 11 is 0. The number of amides is 1. The van der Waals surface area contributed by atoms with E-state index in [-0.39, 0.29) is 11.8 Å². The molecule has 0 unspecified atom stereocenters. The number of aromatic nitrogens is 2. The van der Waals surface area contributed by atoms with E-state index in [1.54, 1.807) is 31.3 Å². The first-order valence-electron chi connectivity index (χ1n) is 9.16. The normalized spacial score (nSPS) is 18.1. The molecular weight excluding hydrogens is 369 g/mol. The number of nitrogens with zero attached hydrogens (tertiary/aromatic N) is 4. The quantitative estimate of drug-likeness (QED) is 0.800. The molecule has 5 nitrogen and oxygen atoms in total. The maximum Gasteiger partial charge on any atom is 0.416 e. The van der Waals surface area contributed by atoms with Crippen LogP contribution in [0.5, 0.6) is 0 Å². The highest BCUT2D eigenvalue weighted by atomic mass is 19.4. The second kappa shape index (κ2) is 8.26. The van der Waals surface area contributed by atoms with Crippen molar-refractivity contribution in [3.8, 4) is 11.3 Å². The lowest BCUT2D eigenvalue weighted by atomic mass is 9.91. The van der Waals surface area contributed by atoms with Crippen molar-refractivity contribution in [3.63, 3.8) is 0 Å². The van der Waals surface area contributed by atoms with E-state index >= 15 is 0 Å². The summed E-state index contributed by atoms with van der Waals surface area (Å²) in [7, 11) is 3.44. The minimum Gasteiger partial charge on any atom is -0.348 e. The van der Waals surface area contributed by atoms with Gasteiger partial charge in [0.1, 0.15) is 0 Å². The maximum atomic E-state index is 13.1. The van der Waals surface area contributed by atoms with Crippen LogP contribution in [0, 0.1) is 0 Å². The third kappa shape index (κ3) is 4.67. The molecule has 150 valence electrons. The van der Waals surface area contributed by atoms with Crippen molar-refractivity contribution in [2.24, 2.45) is 0 Å². The van der Waals surface area contributed by atoms with Gasteiger partial charge in [-0.15, -0.1) is 0 Å². The molecule has 1 saturated heterocycles. The summed E-state index contributed by atoms with van der Waals surface area (Å²) in [6.07, 6.45) is 0.402. The first-order valence-corrected chi connectivity index (χ1v) is 9.16. The van der Waals surface area contributed by atoms with Crippen LogP contribution in [-0.4, -0.2) is 59.4 Å². The van der Waals surface area contributed by atoms with Gasteiger partial charge in [0.05, 0.1) is 23.5 Å². The van der Waals surface area contributed by atoms with E-state index in [1.807, 2.05) is 0 Å². The zero-order valence-corrected chi connectivity index (χ0v) is 15.9. The van der Waals surface area contributed by atoms with Crippen LogP contribution in [0.1, 0.15) is 30.0 Å². The van der Waals surface area contributed by atoms with Crippen LogP contribution in [0.4, 0.5) is 13.2 Å². The second-order valence-corrected chi connectivity index (χ2v) is 7.23. The lowest BCUT2D eigenvalue weighted by molar-refractivity contribution is -0.137. The third-order valence-corrected chi connectivity index (χ3v) is 4.94. The van der Waals surface area contributed by atoms with Gasteiger partial charge in [-0.1, -0.05) is 12.1 Å². The summed E-state index contributed by atoms with van der Waals surface area (Å²) in [6, 6.07) is 5.18. The van der Waals surface area contributed by atoms with E-state index in [1.165, 1.54) is 12.3 Å². The Kier molecular flexibility index (Phi) is 5.98. The number of halogens is 3. The Morgan fingerprint density at radius 3 is 2.71 bits per heavy atom. The fourth-order valence-corrected chi connectivity index (χ4v) is 3.47. The van der Waals surface area contributed by atoms with Gasteiger partial charge in [-0.3, -0.25) is 19.7 Å². The van der Waals surface area contributed by atoms with Crippen molar-refractivity contribution in [3.05, 3.63) is 47.9 Å². The molecule has 1 aromatic heterocycles. The molecule has 0 N–H and O–H groups in total. The minimum absolute atomic E-state index is 0.0157. The average Bonchev–Trinajstić information content (AvgIpc) is 2.67. The van der Waals surface area contributed by atoms with E-state index in [4.69, 9.17) is 0 Å². The Bertz CT molecular complexity index is 838. The van der Waals surface area contributed by atoms with Crippen LogP contribution in [0.25, 0.3) is 11.3 Å².